The summed E-state index contributed by atoms with van der Waals surface area (Å²) in [4.78, 5) is 19.4. The fourth-order valence-corrected chi connectivity index (χ4v) is 3.22. The molecule has 1 aliphatic heterocycles. The zero-order valence-corrected chi connectivity index (χ0v) is 16.7. The second-order valence-electron chi connectivity index (χ2n) is 6.96. The third-order valence-corrected chi connectivity index (χ3v) is 4.87. The zero-order valence-electron chi connectivity index (χ0n) is 16.7. The van der Waals surface area contributed by atoms with E-state index in [-0.39, 0.29) is 0 Å². The van der Waals surface area contributed by atoms with E-state index in [1.807, 2.05) is 42.5 Å². The molecular formula is C22H20N6O3. The third-order valence-electron chi connectivity index (χ3n) is 4.87. The molecule has 9 nitrogen and oxygen atoms in total. The first-order valence-corrected chi connectivity index (χ1v) is 9.96. The second kappa shape index (κ2) is 8.88. The van der Waals surface area contributed by atoms with Crippen molar-refractivity contribution in [2.75, 3.05) is 31.2 Å². The van der Waals surface area contributed by atoms with Crippen molar-refractivity contribution in [3.63, 3.8) is 0 Å². The van der Waals surface area contributed by atoms with Crippen LogP contribution in [0, 0.1) is 0 Å². The minimum Gasteiger partial charge on any atom is -0.489 e. The molecular weight excluding hydrogens is 396 g/mol. The number of benzene rings is 1. The Bertz CT molecular complexity index is 1130. The highest BCUT2D eigenvalue weighted by atomic mass is 16.5. The molecule has 0 amide bonds. The van der Waals surface area contributed by atoms with Gasteiger partial charge in [0.15, 0.2) is 0 Å². The largest absolute Gasteiger partial charge is 0.489 e. The fraction of sp³-hybridized carbons (Fsp3) is 0.227. The standard InChI is InChI=1S/C22H20N6O3/c1-2-16(13-23-7-1)14-30-18-5-3-17(4-6-18)21-26-22(31-27-21)19-12-20(25-15-24-19)28-8-10-29-11-9-28/h1-7,12-13,15H,8-11,14H2. The topological polar surface area (TPSA) is 99.3 Å². The highest BCUT2D eigenvalue weighted by molar-refractivity contribution is 5.60. The van der Waals surface area contributed by atoms with Crippen molar-refractivity contribution in [3.05, 3.63) is 66.7 Å². The lowest BCUT2D eigenvalue weighted by Crippen LogP contribution is -2.36. The van der Waals surface area contributed by atoms with Crippen molar-refractivity contribution in [2.24, 2.45) is 0 Å². The Kier molecular flexibility index (Phi) is 5.48. The van der Waals surface area contributed by atoms with Gasteiger partial charge in [-0.05, 0) is 30.3 Å². The lowest BCUT2D eigenvalue weighted by molar-refractivity contribution is 0.122. The Morgan fingerprint density at radius 2 is 1.90 bits per heavy atom. The Hall–Kier alpha value is -3.85. The van der Waals surface area contributed by atoms with E-state index in [1.54, 1.807) is 12.4 Å². The van der Waals surface area contributed by atoms with Gasteiger partial charge in [0, 0.05) is 42.7 Å². The number of nitrogens with zero attached hydrogens (tertiary/aromatic N) is 6. The number of hydrogen-bond acceptors (Lipinski definition) is 9. The summed E-state index contributed by atoms with van der Waals surface area (Å²) in [6, 6.07) is 13.3. The smallest absolute Gasteiger partial charge is 0.277 e. The van der Waals surface area contributed by atoms with Gasteiger partial charge in [-0.1, -0.05) is 11.2 Å². The van der Waals surface area contributed by atoms with Gasteiger partial charge in [0.05, 0.1) is 13.2 Å². The molecule has 0 saturated carbocycles. The molecule has 0 unspecified atom stereocenters. The van der Waals surface area contributed by atoms with Gasteiger partial charge in [-0.2, -0.15) is 4.98 Å². The van der Waals surface area contributed by atoms with E-state index in [2.05, 4.69) is 30.0 Å². The molecule has 1 aromatic carbocycles. The molecule has 0 bridgehead atoms. The molecule has 9 heteroatoms. The molecule has 4 heterocycles. The van der Waals surface area contributed by atoms with Crippen molar-refractivity contribution in [3.8, 4) is 28.7 Å². The van der Waals surface area contributed by atoms with Crippen LogP contribution in [-0.4, -0.2) is 51.4 Å². The normalized spacial score (nSPS) is 13.9. The van der Waals surface area contributed by atoms with Crippen molar-refractivity contribution in [2.45, 2.75) is 6.61 Å². The molecule has 0 aliphatic carbocycles. The minimum absolute atomic E-state index is 0.351. The van der Waals surface area contributed by atoms with Gasteiger partial charge in [-0.3, -0.25) is 4.98 Å². The summed E-state index contributed by atoms with van der Waals surface area (Å²) < 4.78 is 16.6. The summed E-state index contributed by atoms with van der Waals surface area (Å²) in [5.74, 6) is 2.41. The maximum atomic E-state index is 5.79. The lowest BCUT2D eigenvalue weighted by atomic mass is 10.2. The molecule has 156 valence electrons. The third kappa shape index (κ3) is 4.51. The molecule has 0 atom stereocenters. The van der Waals surface area contributed by atoms with E-state index in [1.165, 1.54) is 6.33 Å². The number of aromatic nitrogens is 5. The molecule has 1 fully saturated rings. The van der Waals surface area contributed by atoms with E-state index in [9.17, 15) is 0 Å². The van der Waals surface area contributed by atoms with Gasteiger partial charge in [0.25, 0.3) is 5.89 Å². The van der Waals surface area contributed by atoms with Crippen LogP contribution in [0.3, 0.4) is 0 Å². The predicted octanol–water partition coefficient (Wildman–Crippen LogP) is 3.00. The molecule has 31 heavy (non-hydrogen) atoms. The number of ether oxygens (including phenoxy) is 2. The molecule has 1 aliphatic rings. The quantitative estimate of drug-likeness (QED) is 0.469. The summed E-state index contributed by atoms with van der Waals surface area (Å²) in [6.07, 6.45) is 5.04. The van der Waals surface area contributed by atoms with E-state index >= 15 is 0 Å². The van der Waals surface area contributed by atoms with Gasteiger partial charge in [0.2, 0.25) is 5.82 Å². The number of pyridine rings is 1. The molecule has 0 radical (unpaired) electrons. The van der Waals surface area contributed by atoms with Gasteiger partial charge in [-0.25, -0.2) is 9.97 Å². The highest BCUT2D eigenvalue weighted by Crippen LogP contribution is 2.25. The number of anilines is 1. The molecule has 4 aromatic rings. The fourth-order valence-electron chi connectivity index (χ4n) is 3.22. The molecule has 0 spiro atoms. The van der Waals surface area contributed by atoms with Crippen LogP contribution in [0.5, 0.6) is 5.75 Å². The van der Waals surface area contributed by atoms with E-state index in [0.29, 0.717) is 37.2 Å². The van der Waals surface area contributed by atoms with Crippen LogP contribution in [0.2, 0.25) is 0 Å². The Morgan fingerprint density at radius 1 is 1.03 bits per heavy atom. The van der Waals surface area contributed by atoms with Crippen LogP contribution in [-0.2, 0) is 11.3 Å². The van der Waals surface area contributed by atoms with Crippen LogP contribution in [0.1, 0.15) is 5.56 Å². The maximum absolute atomic E-state index is 5.79. The molecule has 0 N–H and O–H groups in total. The number of morpholine rings is 1. The monoisotopic (exact) mass is 416 g/mol. The van der Waals surface area contributed by atoms with Gasteiger partial charge >= 0.3 is 0 Å². The van der Waals surface area contributed by atoms with E-state index in [4.69, 9.17) is 14.0 Å². The van der Waals surface area contributed by atoms with Crippen LogP contribution in [0.25, 0.3) is 23.0 Å². The first kappa shape index (κ1) is 19.1. The second-order valence-corrected chi connectivity index (χ2v) is 6.96. The summed E-state index contributed by atoms with van der Waals surface area (Å²) in [6.45, 7) is 3.41. The first-order chi connectivity index (χ1) is 15.3. The van der Waals surface area contributed by atoms with E-state index < -0.39 is 0 Å². The Balaban J connectivity index is 1.28. The van der Waals surface area contributed by atoms with Crippen molar-refractivity contribution in [1.29, 1.82) is 0 Å². The van der Waals surface area contributed by atoms with Crippen LogP contribution >= 0.6 is 0 Å². The highest BCUT2D eigenvalue weighted by Gasteiger charge is 2.17. The van der Waals surface area contributed by atoms with Crippen molar-refractivity contribution < 1.29 is 14.0 Å². The van der Waals surface area contributed by atoms with Gasteiger partial charge < -0.3 is 18.9 Å². The van der Waals surface area contributed by atoms with Gasteiger partial charge in [-0.15, -0.1) is 0 Å². The molecule has 1 saturated heterocycles. The first-order valence-electron chi connectivity index (χ1n) is 9.96. The average Bonchev–Trinajstić information content (AvgIpc) is 3.35. The summed E-state index contributed by atoms with van der Waals surface area (Å²) >= 11 is 0. The summed E-state index contributed by atoms with van der Waals surface area (Å²) in [5, 5.41) is 4.10. The van der Waals surface area contributed by atoms with Crippen molar-refractivity contribution in [1.82, 2.24) is 25.1 Å². The lowest BCUT2D eigenvalue weighted by Gasteiger charge is -2.27. The van der Waals surface area contributed by atoms with Crippen LogP contribution in [0.4, 0.5) is 5.82 Å². The number of hydrogen-bond donors (Lipinski definition) is 0. The molecule has 3 aromatic heterocycles. The average molecular weight is 416 g/mol. The zero-order chi connectivity index (χ0) is 20.9. The summed E-state index contributed by atoms with van der Waals surface area (Å²) in [7, 11) is 0. The maximum Gasteiger partial charge on any atom is 0.277 e. The Morgan fingerprint density at radius 3 is 2.71 bits per heavy atom. The van der Waals surface area contributed by atoms with Gasteiger partial charge in [0.1, 0.15) is 30.2 Å². The summed E-state index contributed by atoms with van der Waals surface area (Å²) in [5.41, 5.74) is 2.42. The SMILES string of the molecule is c1cncc(COc2ccc(-c3noc(-c4cc(N5CCOCC5)ncn4)n3)cc2)c1. The predicted molar refractivity (Wildman–Crippen MR) is 112 cm³/mol. The minimum atomic E-state index is 0.351. The van der Waals surface area contributed by atoms with Crippen LogP contribution in [0.15, 0.2) is 65.7 Å². The Labute approximate surface area is 178 Å². The van der Waals surface area contributed by atoms with Crippen LogP contribution < -0.4 is 9.64 Å². The van der Waals surface area contributed by atoms with Crippen molar-refractivity contribution >= 4 is 5.82 Å². The van der Waals surface area contributed by atoms with E-state index in [0.717, 1.165) is 35.8 Å². The molecule has 5 rings (SSSR count). The number of rotatable bonds is 6.